The highest BCUT2D eigenvalue weighted by molar-refractivity contribution is 7.19. The van der Waals surface area contributed by atoms with Crippen molar-refractivity contribution in [2.24, 2.45) is 0 Å². The van der Waals surface area contributed by atoms with E-state index in [1.54, 1.807) is 38.5 Å². The van der Waals surface area contributed by atoms with Gasteiger partial charge in [0.05, 0.1) is 14.2 Å². The van der Waals surface area contributed by atoms with E-state index in [1.165, 1.54) is 26.0 Å². The van der Waals surface area contributed by atoms with Crippen molar-refractivity contribution in [2.75, 3.05) is 14.2 Å². The van der Waals surface area contributed by atoms with Crippen LogP contribution in [0.15, 0.2) is 84.9 Å². The first-order valence-corrected chi connectivity index (χ1v) is 17.5. The molecule has 1 aliphatic carbocycles. The number of halogens is 6. The van der Waals surface area contributed by atoms with Crippen molar-refractivity contribution in [1.82, 2.24) is 0 Å². The molecule has 0 atom stereocenters. The third-order valence-electron chi connectivity index (χ3n) is 9.11. The molecule has 6 aromatic rings. The number of hydrogen-bond acceptors (Lipinski definition) is 4. The zero-order valence-electron chi connectivity index (χ0n) is 27.8. The van der Waals surface area contributed by atoms with Gasteiger partial charge in [0.1, 0.15) is 11.5 Å². The van der Waals surface area contributed by atoms with Crippen molar-refractivity contribution in [3.8, 4) is 11.5 Å². The van der Waals surface area contributed by atoms with Crippen LogP contribution in [0.2, 0.25) is 0 Å². The molecule has 0 saturated heterocycles. The van der Waals surface area contributed by atoms with Gasteiger partial charge in [-0.1, -0.05) is 72.8 Å². The molecule has 2 heterocycles. The van der Waals surface area contributed by atoms with Crippen LogP contribution < -0.4 is 9.47 Å². The molecule has 0 radical (unpaired) electrons. The largest absolute Gasteiger partial charge is 0.497 e. The summed E-state index contributed by atoms with van der Waals surface area (Å²) in [4.78, 5) is 0.482. The highest BCUT2D eigenvalue weighted by atomic mass is 32.1. The van der Waals surface area contributed by atoms with Gasteiger partial charge in [-0.3, -0.25) is 0 Å². The predicted molar refractivity (Wildman–Crippen MR) is 199 cm³/mol. The van der Waals surface area contributed by atoms with E-state index >= 15 is 26.3 Å². The molecule has 0 spiro atoms. The van der Waals surface area contributed by atoms with Gasteiger partial charge in [-0.15, -0.1) is 22.7 Å². The van der Waals surface area contributed by atoms with Crippen molar-refractivity contribution in [1.29, 1.82) is 0 Å². The molecule has 0 N–H and O–H groups in total. The van der Waals surface area contributed by atoms with Gasteiger partial charge < -0.3 is 9.47 Å². The molecular formula is C41H30F6O2S2. The maximum atomic E-state index is 16.0. The molecule has 0 amide bonds. The lowest BCUT2D eigenvalue weighted by Gasteiger charge is -2.26. The van der Waals surface area contributed by atoms with E-state index in [1.807, 2.05) is 72.8 Å². The lowest BCUT2D eigenvalue weighted by molar-refractivity contribution is -0.254. The van der Waals surface area contributed by atoms with E-state index in [4.69, 9.17) is 9.47 Å². The lowest BCUT2D eigenvalue weighted by atomic mass is 9.91. The third kappa shape index (κ3) is 5.74. The number of alkyl halides is 6. The van der Waals surface area contributed by atoms with Crippen LogP contribution in [0.4, 0.5) is 26.3 Å². The molecule has 260 valence electrons. The van der Waals surface area contributed by atoms with Crippen LogP contribution in [0.5, 0.6) is 11.5 Å². The Labute approximate surface area is 298 Å². The summed E-state index contributed by atoms with van der Waals surface area (Å²) in [5.41, 5.74) is 0.0233. The minimum Gasteiger partial charge on any atom is -0.497 e. The van der Waals surface area contributed by atoms with Crippen LogP contribution in [-0.2, 0) is 0 Å². The summed E-state index contributed by atoms with van der Waals surface area (Å²) >= 11 is 2.20. The number of allylic oxidation sites excluding steroid dienone is 2. The summed E-state index contributed by atoms with van der Waals surface area (Å²) in [5.74, 6) is -14.6. The number of thiophene rings is 2. The van der Waals surface area contributed by atoms with Gasteiger partial charge in [-0.25, -0.2) is 0 Å². The topological polar surface area (TPSA) is 18.5 Å². The standard InChI is InChI=1S/C41H30F6O2S2/c1-23-35(31-19-13-27(21-33(31)50-23)7-5-25-9-15-29(48-3)16-10-25)37-38(40(44,45)41(46,47)39(37,42)43)36-24(2)51-34-22-28(14-20-32(34)36)8-6-26-11-17-30(49-4)18-12-26/h5-22H,1-4H3/b7-5+,8-6+. The Morgan fingerprint density at radius 3 is 1.18 bits per heavy atom. The van der Waals surface area contributed by atoms with Gasteiger partial charge in [-0.2, -0.15) is 26.3 Å². The molecule has 0 saturated carbocycles. The molecule has 1 aliphatic rings. The van der Waals surface area contributed by atoms with Gasteiger partial charge in [0.25, 0.3) is 0 Å². The van der Waals surface area contributed by atoms with Gasteiger partial charge in [-0.05, 0) is 72.5 Å². The average molecular weight is 733 g/mol. The number of fused-ring (bicyclic) bond motifs is 2. The normalized spacial score (nSPS) is 16.7. The maximum absolute atomic E-state index is 16.0. The van der Waals surface area contributed by atoms with Gasteiger partial charge in [0.15, 0.2) is 0 Å². The van der Waals surface area contributed by atoms with Crippen LogP contribution in [0.25, 0.3) is 55.6 Å². The quantitative estimate of drug-likeness (QED) is 0.115. The van der Waals surface area contributed by atoms with Crippen LogP contribution >= 0.6 is 22.7 Å². The Kier molecular flexibility index (Phi) is 8.66. The van der Waals surface area contributed by atoms with Crippen molar-refractivity contribution in [3.05, 3.63) is 128 Å². The number of hydrogen-bond donors (Lipinski definition) is 0. The molecular weight excluding hydrogens is 703 g/mol. The number of aryl methyl sites for hydroxylation is 2. The van der Waals surface area contributed by atoms with E-state index in [-0.39, 0.29) is 31.7 Å². The van der Waals surface area contributed by atoms with Crippen LogP contribution in [-0.4, -0.2) is 32.0 Å². The molecule has 10 heteroatoms. The van der Waals surface area contributed by atoms with E-state index < -0.39 is 28.9 Å². The summed E-state index contributed by atoms with van der Waals surface area (Å²) in [5, 5.41) is 0.422. The minimum absolute atomic E-state index is 0.211. The van der Waals surface area contributed by atoms with Gasteiger partial charge in [0, 0.05) is 52.2 Å². The van der Waals surface area contributed by atoms with Crippen molar-refractivity contribution in [3.63, 3.8) is 0 Å². The fourth-order valence-electron chi connectivity index (χ4n) is 6.50. The summed E-state index contributed by atoms with van der Waals surface area (Å²) in [6, 6.07) is 24.6. The highest BCUT2D eigenvalue weighted by Gasteiger charge is 2.80. The lowest BCUT2D eigenvalue weighted by Crippen LogP contribution is -2.48. The van der Waals surface area contributed by atoms with Crippen LogP contribution in [0, 0.1) is 13.8 Å². The van der Waals surface area contributed by atoms with Crippen molar-refractivity contribution in [2.45, 2.75) is 31.6 Å². The zero-order valence-corrected chi connectivity index (χ0v) is 29.4. The van der Waals surface area contributed by atoms with Crippen LogP contribution in [0.1, 0.15) is 43.1 Å². The SMILES string of the molecule is COc1ccc(/C=C/c2ccc3c(C4=C(c5c(C)sc6cc(/C=C/c7ccc(OC)cc7)ccc56)C(F)(F)C(F)(F)C4(F)F)c(C)sc3c2)cc1. The number of ether oxygens (including phenoxy) is 2. The summed E-state index contributed by atoms with van der Waals surface area (Å²) in [6.07, 6.45) is 7.38. The summed E-state index contributed by atoms with van der Waals surface area (Å²) in [6.45, 7) is 3.00. The first-order chi connectivity index (χ1) is 24.3. The fraction of sp³-hybridized carbons (Fsp3) is 0.171. The summed E-state index contributed by atoms with van der Waals surface area (Å²) < 4.78 is 106. The molecule has 0 unspecified atom stereocenters. The van der Waals surface area contributed by atoms with Gasteiger partial charge in [0.2, 0.25) is 0 Å². The first-order valence-electron chi connectivity index (χ1n) is 15.9. The van der Waals surface area contributed by atoms with E-state index in [9.17, 15) is 0 Å². The maximum Gasteiger partial charge on any atom is 0.380 e. The molecule has 7 rings (SSSR count). The molecule has 51 heavy (non-hydrogen) atoms. The van der Waals surface area contributed by atoms with Crippen LogP contribution in [0.3, 0.4) is 0 Å². The van der Waals surface area contributed by atoms with Crippen molar-refractivity contribution >= 4 is 78.3 Å². The molecule has 2 nitrogen and oxygen atoms in total. The fourth-order valence-corrected chi connectivity index (χ4v) is 8.74. The number of benzene rings is 4. The minimum atomic E-state index is -5.66. The summed E-state index contributed by atoms with van der Waals surface area (Å²) in [7, 11) is 3.15. The molecule has 0 fully saturated rings. The highest BCUT2D eigenvalue weighted by Crippen LogP contribution is 2.67. The number of methoxy groups -OCH3 is 2. The second kappa shape index (κ2) is 12.8. The molecule has 0 bridgehead atoms. The van der Waals surface area contributed by atoms with Crippen molar-refractivity contribution < 1.29 is 35.8 Å². The van der Waals surface area contributed by atoms with E-state index in [0.29, 0.717) is 20.9 Å². The third-order valence-corrected chi connectivity index (χ3v) is 11.3. The Hall–Kier alpha value is -4.80. The smallest absolute Gasteiger partial charge is 0.380 e. The zero-order chi connectivity index (χ0) is 36.3. The predicted octanol–water partition coefficient (Wildman–Crippen LogP) is 12.9. The Morgan fingerprint density at radius 1 is 0.490 bits per heavy atom. The molecule has 0 aliphatic heterocycles. The average Bonchev–Trinajstić information content (AvgIpc) is 3.64. The van der Waals surface area contributed by atoms with Gasteiger partial charge >= 0.3 is 17.8 Å². The molecule has 2 aromatic heterocycles. The Morgan fingerprint density at radius 2 is 0.824 bits per heavy atom. The second-order valence-corrected chi connectivity index (χ2v) is 14.8. The van der Waals surface area contributed by atoms with E-state index in [0.717, 1.165) is 44.9 Å². The Balaban J connectivity index is 1.34. The monoisotopic (exact) mass is 732 g/mol. The van der Waals surface area contributed by atoms with E-state index in [2.05, 4.69) is 0 Å². The number of rotatable bonds is 8. The molecule has 4 aromatic carbocycles. The first kappa shape index (κ1) is 34.6. The Bertz CT molecular complexity index is 2210. The second-order valence-electron chi connectivity index (χ2n) is 12.3.